The SMILES string of the molecule is CCc1c(C)nn(-c2cnc(C(C)C)nc2C(=O)O)c1C. The van der Waals surface area contributed by atoms with Crippen molar-refractivity contribution in [3.63, 3.8) is 0 Å². The van der Waals surface area contributed by atoms with Crippen molar-refractivity contribution in [2.24, 2.45) is 0 Å². The quantitative estimate of drug-likeness (QED) is 0.935. The Hall–Kier alpha value is -2.24. The van der Waals surface area contributed by atoms with Crippen molar-refractivity contribution in [1.82, 2.24) is 19.7 Å². The maximum Gasteiger partial charge on any atom is 0.356 e. The van der Waals surface area contributed by atoms with E-state index < -0.39 is 5.97 Å². The second-order valence-corrected chi connectivity index (χ2v) is 5.34. The molecule has 6 nitrogen and oxygen atoms in total. The zero-order valence-electron chi connectivity index (χ0n) is 13.0. The number of carboxylic acids is 1. The average molecular weight is 288 g/mol. The largest absolute Gasteiger partial charge is 0.476 e. The number of aromatic nitrogens is 4. The lowest BCUT2D eigenvalue weighted by Gasteiger charge is -2.10. The molecule has 1 N–H and O–H groups in total. The van der Waals surface area contributed by atoms with Gasteiger partial charge in [0.2, 0.25) is 0 Å². The first kappa shape index (κ1) is 15.2. The molecule has 0 saturated heterocycles. The zero-order valence-corrected chi connectivity index (χ0v) is 13.0. The molecule has 0 unspecified atom stereocenters. The van der Waals surface area contributed by atoms with Gasteiger partial charge < -0.3 is 5.11 Å². The predicted octanol–water partition coefficient (Wildman–Crippen LogP) is 2.66. The van der Waals surface area contributed by atoms with Crippen molar-refractivity contribution in [1.29, 1.82) is 0 Å². The molecule has 6 heteroatoms. The number of rotatable bonds is 4. The molecule has 2 aromatic heterocycles. The molecule has 0 amide bonds. The molecule has 0 spiro atoms. The highest BCUT2D eigenvalue weighted by Crippen LogP contribution is 2.21. The van der Waals surface area contributed by atoms with Gasteiger partial charge >= 0.3 is 5.97 Å². The van der Waals surface area contributed by atoms with Crippen LogP contribution in [0.1, 0.15) is 60.0 Å². The molecular weight excluding hydrogens is 268 g/mol. The maximum absolute atomic E-state index is 11.5. The molecule has 0 radical (unpaired) electrons. The molecule has 2 aromatic rings. The van der Waals surface area contributed by atoms with Crippen molar-refractivity contribution >= 4 is 5.97 Å². The van der Waals surface area contributed by atoms with E-state index in [0.717, 1.165) is 23.4 Å². The van der Waals surface area contributed by atoms with Gasteiger partial charge in [-0.2, -0.15) is 5.10 Å². The summed E-state index contributed by atoms with van der Waals surface area (Å²) in [6.07, 6.45) is 2.40. The highest BCUT2D eigenvalue weighted by Gasteiger charge is 2.20. The molecule has 2 rings (SSSR count). The van der Waals surface area contributed by atoms with E-state index in [2.05, 4.69) is 22.0 Å². The minimum Gasteiger partial charge on any atom is -0.476 e. The number of hydrogen-bond donors (Lipinski definition) is 1. The molecule has 0 aliphatic rings. The van der Waals surface area contributed by atoms with E-state index in [9.17, 15) is 9.90 Å². The summed E-state index contributed by atoms with van der Waals surface area (Å²) < 4.78 is 1.63. The molecule has 0 fully saturated rings. The topological polar surface area (TPSA) is 80.9 Å². The fourth-order valence-electron chi connectivity index (χ4n) is 2.40. The van der Waals surface area contributed by atoms with Gasteiger partial charge in [-0.05, 0) is 25.8 Å². The number of carboxylic acid groups (broad SMARTS) is 1. The van der Waals surface area contributed by atoms with Crippen molar-refractivity contribution < 1.29 is 9.90 Å². The zero-order chi connectivity index (χ0) is 15.7. The smallest absolute Gasteiger partial charge is 0.356 e. The lowest BCUT2D eigenvalue weighted by Crippen LogP contribution is -2.14. The van der Waals surface area contributed by atoms with Gasteiger partial charge in [-0.1, -0.05) is 20.8 Å². The summed E-state index contributed by atoms with van der Waals surface area (Å²) in [5.74, 6) is -0.475. The first-order valence-electron chi connectivity index (χ1n) is 7.02. The molecule has 2 heterocycles. The summed E-state index contributed by atoms with van der Waals surface area (Å²) in [4.78, 5) is 20.0. The second-order valence-electron chi connectivity index (χ2n) is 5.34. The van der Waals surface area contributed by atoms with Crippen molar-refractivity contribution in [2.75, 3.05) is 0 Å². The lowest BCUT2D eigenvalue weighted by atomic mass is 10.1. The highest BCUT2D eigenvalue weighted by molar-refractivity contribution is 5.89. The molecule has 0 aliphatic heterocycles. The minimum absolute atomic E-state index is 0.0121. The standard InChI is InChI=1S/C15H20N4O2/c1-6-11-9(4)18-19(10(11)5)12-7-16-14(8(2)3)17-13(12)15(20)21/h7-8H,6H2,1-5H3,(H,20,21). The van der Waals surface area contributed by atoms with Gasteiger partial charge in [0.1, 0.15) is 11.5 Å². The van der Waals surface area contributed by atoms with Crippen LogP contribution in [0.3, 0.4) is 0 Å². The van der Waals surface area contributed by atoms with Crippen LogP contribution < -0.4 is 0 Å². The fraction of sp³-hybridized carbons (Fsp3) is 0.467. The number of hydrogen-bond acceptors (Lipinski definition) is 4. The first-order chi connectivity index (χ1) is 9.86. The van der Waals surface area contributed by atoms with E-state index in [0.29, 0.717) is 11.5 Å². The van der Waals surface area contributed by atoms with Crippen LogP contribution in [0.4, 0.5) is 0 Å². The van der Waals surface area contributed by atoms with Gasteiger partial charge in [0, 0.05) is 11.6 Å². The summed E-state index contributed by atoms with van der Waals surface area (Å²) in [6.45, 7) is 9.77. The molecule has 0 aromatic carbocycles. The number of aromatic carboxylic acids is 1. The van der Waals surface area contributed by atoms with Crippen LogP contribution in [0, 0.1) is 13.8 Å². The van der Waals surface area contributed by atoms with Crippen LogP contribution in [0.2, 0.25) is 0 Å². The van der Waals surface area contributed by atoms with Crippen LogP contribution in [0.25, 0.3) is 5.69 Å². The van der Waals surface area contributed by atoms with E-state index in [-0.39, 0.29) is 11.6 Å². The van der Waals surface area contributed by atoms with Gasteiger partial charge in [-0.25, -0.2) is 19.4 Å². The van der Waals surface area contributed by atoms with E-state index >= 15 is 0 Å². The normalized spacial score (nSPS) is 11.1. The average Bonchev–Trinajstić information content (AvgIpc) is 2.72. The Labute approximate surface area is 123 Å². The van der Waals surface area contributed by atoms with E-state index in [1.165, 1.54) is 0 Å². The van der Waals surface area contributed by atoms with Crippen LogP contribution in [-0.2, 0) is 6.42 Å². The minimum atomic E-state index is -1.07. The maximum atomic E-state index is 11.5. The first-order valence-corrected chi connectivity index (χ1v) is 7.02. The van der Waals surface area contributed by atoms with Gasteiger partial charge in [-0.15, -0.1) is 0 Å². The molecule has 0 atom stereocenters. The lowest BCUT2D eigenvalue weighted by molar-refractivity contribution is 0.0689. The summed E-state index contributed by atoms with van der Waals surface area (Å²) in [5, 5.41) is 13.9. The Morgan fingerprint density at radius 2 is 2.05 bits per heavy atom. The second kappa shape index (κ2) is 5.63. The van der Waals surface area contributed by atoms with Crippen LogP contribution >= 0.6 is 0 Å². The number of carbonyl (C=O) groups is 1. The summed E-state index contributed by atoms with van der Waals surface area (Å²) in [5.41, 5.74) is 3.35. The van der Waals surface area contributed by atoms with Gasteiger partial charge in [0.25, 0.3) is 0 Å². The molecule has 0 bridgehead atoms. The summed E-state index contributed by atoms with van der Waals surface area (Å²) in [6, 6.07) is 0. The highest BCUT2D eigenvalue weighted by atomic mass is 16.4. The van der Waals surface area contributed by atoms with Crippen LogP contribution in [0.15, 0.2) is 6.20 Å². The Balaban J connectivity index is 2.66. The molecule has 21 heavy (non-hydrogen) atoms. The molecular formula is C15H20N4O2. The van der Waals surface area contributed by atoms with Gasteiger partial charge in [0.15, 0.2) is 5.69 Å². The summed E-state index contributed by atoms with van der Waals surface area (Å²) in [7, 11) is 0. The molecule has 112 valence electrons. The van der Waals surface area contributed by atoms with Crippen LogP contribution in [0.5, 0.6) is 0 Å². The van der Waals surface area contributed by atoms with E-state index in [1.54, 1.807) is 10.9 Å². The summed E-state index contributed by atoms with van der Waals surface area (Å²) >= 11 is 0. The monoisotopic (exact) mass is 288 g/mol. The molecule has 0 aliphatic carbocycles. The van der Waals surface area contributed by atoms with E-state index in [4.69, 9.17) is 0 Å². The Kier molecular flexibility index (Phi) is 4.06. The van der Waals surface area contributed by atoms with Crippen molar-refractivity contribution in [2.45, 2.75) is 47.0 Å². The van der Waals surface area contributed by atoms with E-state index in [1.807, 2.05) is 27.7 Å². The third-order valence-electron chi connectivity index (χ3n) is 3.53. The molecule has 0 saturated carbocycles. The Morgan fingerprint density at radius 1 is 1.38 bits per heavy atom. The third kappa shape index (κ3) is 2.66. The number of aryl methyl sites for hydroxylation is 1. The third-order valence-corrected chi connectivity index (χ3v) is 3.53. The van der Waals surface area contributed by atoms with Gasteiger partial charge in [-0.3, -0.25) is 0 Å². The van der Waals surface area contributed by atoms with Gasteiger partial charge in [0.05, 0.1) is 11.9 Å². The predicted molar refractivity (Wildman–Crippen MR) is 79.1 cm³/mol. The fourth-order valence-corrected chi connectivity index (χ4v) is 2.40. The number of nitrogens with zero attached hydrogens (tertiary/aromatic N) is 4. The van der Waals surface area contributed by atoms with Crippen LogP contribution in [-0.4, -0.2) is 30.8 Å². The Morgan fingerprint density at radius 3 is 2.52 bits per heavy atom. The van der Waals surface area contributed by atoms with Crippen molar-refractivity contribution in [3.05, 3.63) is 34.7 Å². The Bertz CT molecular complexity index is 689. The van der Waals surface area contributed by atoms with Crippen molar-refractivity contribution in [3.8, 4) is 5.69 Å².